The van der Waals surface area contributed by atoms with Crippen molar-refractivity contribution in [1.82, 2.24) is 5.32 Å². The van der Waals surface area contributed by atoms with Crippen molar-refractivity contribution in [3.63, 3.8) is 0 Å². The van der Waals surface area contributed by atoms with Gasteiger partial charge >= 0.3 is 0 Å². The van der Waals surface area contributed by atoms with Gasteiger partial charge in [0.1, 0.15) is 0 Å². The summed E-state index contributed by atoms with van der Waals surface area (Å²) in [6, 6.07) is 17.7. The summed E-state index contributed by atoms with van der Waals surface area (Å²) in [6.07, 6.45) is 2.94. The molecule has 0 heterocycles. The Morgan fingerprint density at radius 1 is 1.09 bits per heavy atom. The molecule has 0 aliphatic heterocycles. The second-order valence-electron chi connectivity index (χ2n) is 6.67. The number of benzene rings is 2. The molecule has 0 bridgehead atoms. The zero-order valence-electron chi connectivity index (χ0n) is 14.2. The van der Waals surface area contributed by atoms with E-state index in [0.717, 1.165) is 25.8 Å². The zero-order chi connectivity index (χ0) is 16.3. The van der Waals surface area contributed by atoms with E-state index in [9.17, 15) is 5.11 Å². The van der Waals surface area contributed by atoms with Crippen molar-refractivity contribution in [3.05, 3.63) is 70.8 Å². The van der Waals surface area contributed by atoms with E-state index in [1.54, 1.807) is 0 Å². The van der Waals surface area contributed by atoms with Crippen LogP contribution in [-0.2, 0) is 12.0 Å². The van der Waals surface area contributed by atoms with Crippen LogP contribution in [0.25, 0.3) is 0 Å². The minimum absolute atomic E-state index is 0.157. The highest BCUT2D eigenvalue weighted by atomic mass is 16.2. The summed E-state index contributed by atoms with van der Waals surface area (Å²) >= 11 is 0. The second kappa shape index (κ2) is 6.86. The first-order valence-electron chi connectivity index (χ1n) is 8.74. The molecule has 0 amide bonds. The fourth-order valence-corrected chi connectivity index (χ4v) is 4.15. The van der Waals surface area contributed by atoms with Gasteiger partial charge in [-0.2, -0.15) is 0 Å². The molecule has 2 nitrogen and oxygen atoms in total. The van der Waals surface area contributed by atoms with Crippen molar-refractivity contribution in [1.29, 1.82) is 0 Å². The van der Waals surface area contributed by atoms with Crippen LogP contribution in [0, 0.1) is 0 Å². The molecular formula is C21H27NO. The summed E-state index contributed by atoms with van der Waals surface area (Å²) in [5, 5.41) is 13.0. The lowest BCUT2D eigenvalue weighted by atomic mass is 9.81. The second-order valence-corrected chi connectivity index (χ2v) is 6.67. The number of nitrogens with one attached hydrogen (secondary N) is 1. The molecule has 0 aromatic heterocycles. The highest BCUT2D eigenvalue weighted by Gasteiger charge is 2.36. The Balaban J connectivity index is 2.18. The summed E-state index contributed by atoms with van der Waals surface area (Å²) in [7, 11) is 0. The van der Waals surface area contributed by atoms with E-state index in [-0.39, 0.29) is 12.1 Å². The number of hydrogen-bond donors (Lipinski definition) is 2. The molecule has 1 aliphatic carbocycles. The first kappa shape index (κ1) is 16.2. The minimum atomic E-state index is -0.157. The van der Waals surface area contributed by atoms with Gasteiger partial charge in [-0.1, -0.05) is 55.5 Å². The predicted molar refractivity (Wildman–Crippen MR) is 95.8 cm³/mol. The van der Waals surface area contributed by atoms with Crippen LogP contribution in [0.1, 0.15) is 54.9 Å². The monoisotopic (exact) mass is 309 g/mol. The maximum Gasteiger partial charge on any atom is 0.0667 e. The van der Waals surface area contributed by atoms with Crippen molar-refractivity contribution in [2.75, 3.05) is 13.2 Å². The van der Waals surface area contributed by atoms with Gasteiger partial charge in [0.2, 0.25) is 0 Å². The molecule has 0 radical (unpaired) electrons. The summed E-state index contributed by atoms with van der Waals surface area (Å²) in [6.45, 7) is 5.68. The third-order valence-electron chi connectivity index (χ3n) is 5.20. The normalized spacial score (nSPS) is 23.0. The van der Waals surface area contributed by atoms with Crippen LogP contribution in [0.4, 0.5) is 0 Å². The molecule has 2 N–H and O–H groups in total. The van der Waals surface area contributed by atoms with Gasteiger partial charge in [0.25, 0.3) is 0 Å². The summed E-state index contributed by atoms with van der Waals surface area (Å²) in [5.41, 5.74) is 5.47. The molecule has 0 fully saturated rings. The van der Waals surface area contributed by atoms with Gasteiger partial charge in [-0.05, 0) is 60.9 Å². The lowest BCUT2D eigenvalue weighted by Gasteiger charge is -2.34. The number of rotatable bonds is 5. The molecular weight excluding hydrogens is 282 g/mol. The number of aliphatic hydroxyl groups is 1. The maximum absolute atomic E-state index is 9.29. The number of fused-ring (bicyclic) bond motifs is 2. The number of hydrogen-bond acceptors (Lipinski definition) is 2. The highest BCUT2D eigenvalue weighted by molar-refractivity contribution is 5.50. The molecule has 2 heteroatoms. The van der Waals surface area contributed by atoms with Crippen molar-refractivity contribution in [3.8, 4) is 0 Å². The van der Waals surface area contributed by atoms with Gasteiger partial charge in [-0.3, -0.25) is 0 Å². The van der Waals surface area contributed by atoms with Crippen LogP contribution >= 0.6 is 0 Å². The van der Waals surface area contributed by atoms with Crippen molar-refractivity contribution < 1.29 is 5.11 Å². The zero-order valence-corrected chi connectivity index (χ0v) is 14.2. The Bertz CT molecular complexity index is 666. The lowest BCUT2D eigenvalue weighted by Crippen LogP contribution is -2.41. The van der Waals surface area contributed by atoms with E-state index < -0.39 is 0 Å². The Hall–Kier alpha value is -1.64. The third kappa shape index (κ3) is 2.93. The van der Waals surface area contributed by atoms with Crippen LogP contribution < -0.4 is 5.32 Å². The molecule has 23 heavy (non-hydrogen) atoms. The van der Waals surface area contributed by atoms with Gasteiger partial charge in [-0.15, -0.1) is 0 Å². The number of aliphatic hydroxyl groups excluding tert-OH is 1. The van der Waals surface area contributed by atoms with E-state index in [1.165, 1.54) is 22.3 Å². The smallest absolute Gasteiger partial charge is 0.0667 e. The summed E-state index contributed by atoms with van der Waals surface area (Å²) in [5.74, 6) is 0.472. The third-order valence-corrected chi connectivity index (χ3v) is 5.20. The molecule has 1 aliphatic rings. The van der Waals surface area contributed by atoms with Crippen LogP contribution in [-0.4, -0.2) is 18.3 Å². The van der Waals surface area contributed by atoms with E-state index in [4.69, 9.17) is 0 Å². The molecule has 2 atom stereocenters. The minimum Gasteiger partial charge on any atom is -0.396 e. The fraction of sp³-hybridized carbons (Fsp3) is 0.429. The van der Waals surface area contributed by atoms with Crippen molar-refractivity contribution in [2.24, 2.45) is 0 Å². The van der Waals surface area contributed by atoms with Gasteiger partial charge in [0, 0.05) is 6.61 Å². The molecule has 0 unspecified atom stereocenters. The first-order valence-corrected chi connectivity index (χ1v) is 8.74. The van der Waals surface area contributed by atoms with E-state index in [2.05, 4.69) is 67.7 Å². The van der Waals surface area contributed by atoms with Crippen LogP contribution in [0.3, 0.4) is 0 Å². The first-order chi connectivity index (χ1) is 11.2. The van der Waals surface area contributed by atoms with E-state index in [1.807, 2.05) is 0 Å². The van der Waals surface area contributed by atoms with Crippen LogP contribution in [0.5, 0.6) is 0 Å². The topological polar surface area (TPSA) is 32.3 Å². The Morgan fingerprint density at radius 3 is 2.52 bits per heavy atom. The average Bonchev–Trinajstić information content (AvgIpc) is 2.68. The average molecular weight is 309 g/mol. The molecule has 0 saturated carbocycles. The molecule has 2 aromatic rings. The van der Waals surface area contributed by atoms with Gasteiger partial charge in [-0.25, -0.2) is 0 Å². The van der Waals surface area contributed by atoms with Crippen LogP contribution in [0.15, 0.2) is 48.5 Å². The summed E-state index contributed by atoms with van der Waals surface area (Å²) < 4.78 is 0. The van der Waals surface area contributed by atoms with E-state index in [0.29, 0.717) is 5.92 Å². The van der Waals surface area contributed by atoms with Crippen molar-refractivity contribution in [2.45, 2.75) is 44.6 Å². The molecule has 2 aromatic carbocycles. The van der Waals surface area contributed by atoms with Crippen molar-refractivity contribution >= 4 is 0 Å². The molecule has 0 saturated heterocycles. The Morgan fingerprint density at radius 2 is 1.78 bits per heavy atom. The lowest BCUT2D eigenvalue weighted by molar-refractivity contribution is 0.279. The Labute approximate surface area is 139 Å². The molecule has 122 valence electrons. The fourth-order valence-electron chi connectivity index (χ4n) is 4.15. The van der Waals surface area contributed by atoms with E-state index >= 15 is 0 Å². The highest BCUT2D eigenvalue weighted by Crippen LogP contribution is 2.42. The predicted octanol–water partition coefficient (Wildman–Crippen LogP) is 3.97. The Kier molecular flexibility index (Phi) is 4.84. The quantitative estimate of drug-likeness (QED) is 0.876. The van der Waals surface area contributed by atoms with Gasteiger partial charge in [0.05, 0.1) is 5.54 Å². The molecule has 3 rings (SSSR count). The van der Waals surface area contributed by atoms with Crippen LogP contribution in [0.2, 0.25) is 0 Å². The largest absolute Gasteiger partial charge is 0.396 e. The maximum atomic E-state index is 9.29. The summed E-state index contributed by atoms with van der Waals surface area (Å²) in [4.78, 5) is 0. The van der Waals surface area contributed by atoms with Gasteiger partial charge < -0.3 is 10.4 Å². The standard InChI is InChI=1S/C21H27NO/c1-3-22-21(2)19-12-6-4-9-17(19)15-16(10-8-14-23)18-11-5-7-13-20(18)21/h4-7,9,11-13,16,22-23H,3,8,10,14-15H2,1-2H3/t16-,21+/m0/s1. The molecule has 0 spiro atoms. The van der Waals surface area contributed by atoms with Gasteiger partial charge in [0.15, 0.2) is 0 Å². The SMILES string of the molecule is CCN[C@]1(C)c2ccccc2C[C@H](CCCO)c2ccccc21.